The fourth-order valence-corrected chi connectivity index (χ4v) is 3.17. The SMILES string of the molecule is CC1(C)CN(CCNCc2ccccc2)CC(C)(C)O1. The first-order chi connectivity index (χ1) is 9.36. The van der Waals surface area contributed by atoms with Gasteiger partial charge in [-0.05, 0) is 33.3 Å². The third kappa shape index (κ3) is 4.89. The van der Waals surface area contributed by atoms with E-state index in [0.717, 1.165) is 32.7 Å². The zero-order valence-electron chi connectivity index (χ0n) is 13.3. The molecule has 1 aliphatic heterocycles. The van der Waals surface area contributed by atoms with Crippen LogP contribution in [0.1, 0.15) is 33.3 Å². The Morgan fingerprint density at radius 3 is 2.25 bits per heavy atom. The monoisotopic (exact) mass is 276 g/mol. The van der Waals surface area contributed by atoms with Crippen LogP contribution in [0.4, 0.5) is 0 Å². The normalized spacial score (nSPS) is 21.8. The summed E-state index contributed by atoms with van der Waals surface area (Å²) in [6.45, 7) is 13.8. The molecule has 1 aromatic carbocycles. The first-order valence-electron chi connectivity index (χ1n) is 7.54. The molecule has 1 aliphatic rings. The molecule has 1 saturated heterocycles. The van der Waals surface area contributed by atoms with E-state index in [1.807, 2.05) is 0 Å². The van der Waals surface area contributed by atoms with E-state index in [1.54, 1.807) is 0 Å². The maximum atomic E-state index is 6.10. The first-order valence-corrected chi connectivity index (χ1v) is 7.54. The topological polar surface area (TPSA) is 24.5 Å². The van der Waals surface area contributed by atoms with E-state index in [2.05, 4.69) is 68.2 Å². The van der Waals surface area contributed by atoms with E-state index >= 15 is 0 Å². The highest BCUT2D eigenvalue weighted by Gasteiger charge is 2.37. The van der Waals surface area contributed by atoms with Gasteiger partial charge in [0.15, 0.2) is 0 Å². The van der Waals surface area contributed by atoms with E-state index in [-0.39, 0.29) is 11.2 Å². The number of nitrogens with zero attached hydrogens (tertiary/aromatic N) is 1. The van der Waals surface area contributed by atoms with Crippen LogP contribution in [0.2, 0.25) is 0 Å². The van der Waals surface area contributed by atoms with Crippen LogP contribution in [0.15, 0.2) is 30.3 Å². The molecule has 0 amide bonds. The number of hydrogen-bond donors (Lipinski definition) is 1. The summed E-state index contributed by atoms with van der Waals surface area (Å²) in [7, 11) is 0. The van der Waals surface area contributed by atoms with E-state index in [0.29, 0.717) is 0 Å². The second-order valence-electron chi connectivity index (χ2n) is 6.99. The lowest BCUT2D eigenvalue weighted by molar-refractivity contribution is -0.180. The third-order valence-corrected chi connectivity index (χ3v) is 3.54. The summed E-state index contributed by atoms with van der Waals surface area (Å²) in [6.07, 6.45) is 0. The number of rotatable bonds is 5. The van der Waals surface area contributed by atoms with Crippen LogP contribution >= 0.6 is 0 Å². The lowest BCUT2D eigenvalue weighted by Gasteiger charge is -2.47. The van der Waals surface area contributed by atoms with Gasteiger partial charge in [0.2, 0.25) is 0 Å². The molecule has 1 aromatic rings. The fourth-order valence-electron chi connectivity index (χ4n) is 3.17. The standard InChI is InChI=1S/C17H28N2O/c1-16(2)13-19(14-17(3,4)20-16)11-10-18-12-15-8-6-5-7-9-15/h5-9,18H,10-14H2,1-4H3. The molecule has 3 nitrogen and oxygen atoms in total. The van der Waals surface area contributed by atoms with Gasteiger partial charge in [-0.3, -0.25) is 4.90 Å². The summed E-state index contributed by atoms with van der Waals surface area (Å²) < 4.78 is 6.10. The summed E-state index contributed by atoms with van der Waals surface area (Å²) in [5.41, 5.74) is 1.23. The molecule has 3 heteroatoms. The molecule has 1 heterocycles. The molecule has 2 rings (SSSR count). The molecule has 0 bridgehead atoms. The summed E-state index contributed by atoms with van der Waals surface area (Å²) in [5, 5.41) is 3.52. The van der Waals surface area contributed by atoms with Crippen molar-refractivity contribution in [3.8, 4) is 0 Å². The fraction of sp³-hybridized carbons (Fsp3) is 0.647. The second kappa shape index (κ2) is 6.25. The molecule has 0 spiro atoms. The van der Waals surface area contributed by atoms with E-state index in [1.165, 1.54) is 5.56 Å². The Hall–Kier alpha value is -0.900. The maximum absolute atomic E-state index is 6.10. The molecule has 20 heavy (non-hydrogen) atoms. The van der Waals surface area contributed by atoms with Gasteiger partial charge in [-0.1, -0.05) is 30.3 Å². The van der Waals surface area contributed by atoms with Gasteiger partial charge >= 0.3 is 0 Å². The van der Waals surface area contributed by atoms with Crippen molar-refractivity contribution >= 4 is 0 Å². The smallest absolute Gasteiger partial charge is 0.0760 e. The van der Waals surface area contributed by atoms with Crippen molar-refractivity contribution in [1.29, 1.82) is 0 Å². The van der Waals surface area contributed by atoms with Crippen molar-refractivity contribution in [2.45, 2.75) is 45.4 Å². The second-order valence-corrected chi connectivity index (χ2v) is 6.99. The van der Waals surface area contributed by atoms with Crippen molar-refractivity contribution in [2.24, 2.45) is 0 Å². The minimum absolute atomic E-state index is 0.0544. The Bertz CT molecular complexity index is 398. The van der Waals surface area contributed by atoms with Gasteiger partial charge in [0, 0.05) is 32.7 Å². The molecule has 0 aromatic heterocycles. The van der Waals surface area contributed by atoms with Crippen molar-refractivity contribution in [1.82, 2.24) is 10.2 Å². The van der Waals surface area contributed by atoms with Crippen molar-refractivity contribution in [3.63, 3.8) is 0 Å². The minimum Gasteiger partial charge on any atom is -0.367 e. The Labute approximate surface area is 123 Å². The molecule has 0 unspecified atom stereocenters. The number of benzene rings is 1. The number of hydrogen-bond acceptors (Lipinski definition) is 3. The molecular weight excluding hydrogens is 248 g/mol. The van der Waals surface area contributed by atoms with E-state index in [4.69, 9.17) is 4.74 Å². The predicted molar refractivity (Wildman–Crippen MR) is 83.8 cm³/mol. The van der Waals surface area contributed by atoms with E-state index in [9.17, 15) is 0 Å². The molecule has 0 atom stereocenters. The van der Waals surface area contributed by atoms with Crippen LogP contribution in [0.3, 0.4) is 0 Å². The predicted octanol–water partition coefficient (Wildman–Crippen LogP) is 2.67. The highest BCUT2D eigenvalue weighted by atomic mass is 16.5. The highest BCUT2D eigenvalue weighted by Crippen LogP contribution is 2.27. The lowest BCUT2D eigenvalue weighted by atomic mass is 9.99. The van der Waals surface area contributed by atoms with Crippen LogP contribution in [-0.4, -0.2) is 42.3 Å². The van der Waals surface area contributed by atoms with Crippen LogP contribution in [-0.2, 0) is 11.3 Å². The molecule has 0 radical (unpaired) electrons. The summed E-state index contributed by atoms with van der Waals surface area (Å²) in [5.74, 6) is 0. The van der Waals surface area contributed by atoms with Gasteiger partial charge in [-0.2, -0.15) is 0 Å². The molecule has 0 saturated carbocycles. The third-order valence-electron chi connectivity index (χ3n) is 3.54. The highest BCUT2D eigenvalue weighted by molar-refractivity contribution is 5.14. The van der Waals surface area contributed by atoms with Gasteiger partial charge < -0.3 is 10.1 Å². The van der Waals surface area contributed by atoms with Crippen molar-refractivity contribution < 1.29 is 4.74 Å². The summed E-state index contributed by atoms with van der Waals surface area (Å²) in [4.78, 5) is 2.50. The average Bonchev–Trinajstić information content (AvgIpc) is 2.32. The number of ether oxygens (including phenoxy) is 1. The summed E-state index contributed by atoms with van der Waals surface area (Å²) >= 11 is 0. The number of morpholine rings is 1. The largest absolute Gasteiger partial charge is 0.367 e. The van der Waals surface area contributed by atoms with Crippen molar-refractivity contribution in [3.05, 3.63) is 35.9 Å². The van der Waals surface area contributed by atoms with Gasteiger partial charge in [-0.15, -0.1) is 0 Å². The van der Waals surface area contributed by atoms with Gasteiger partial charge in [0.1, 0.15) is 0 Å². The quantitative estimate of drug-likeness (QED) is 0.837. The van der Waals surface area contributed by atoms with Crippen LogP contribution in [0.25, 0.3) is 0 Å². The first kappa shape index (κ1) is 15.5. The van der Waals surface area contributed by atoms with Gasteiger partial charge in [0.05, 0.1) is 11.2 Å². The van der Waals surface area contributed by atoms with Crippen molar-refractivity contribution in [2.75, 3.05) is 26.2 Å². The Morgan fingerprint density at radius 2 is 1.65 bits per heavy atom. The van der Waals surface area contributed by atoms with Gasteiger partial charge in [-0.25, -0.2) is 0 Å². The Kier molecular flexibility index (Phi) is 4.84. The van der Waals surface area contributed by atoms with Crippen LogP contribution in [0.5, 0.6) is 0 Å². The minimum atomic E-state index is -0.0544. The molecular formula is C17H28N2O. The average molecular weight is 276 g/mol. The summed E-state index contributed by atoms with van der Waals surface area (Å²) in [6, 6.07) is 10.6. The molecule has 1 N–H and O–H groups in total. The van der Waals surface area contributed by atoms with E-state index < -0.39 is 0 Å². The zero-order valence-corrected chi connectivity index (χ0v) is 13.3. The Balaban J connectivity index is 1.74. The molecule has 112 valence electrons. The zero-order chi connectivity index (χ0) is 14.6. The molecule has 0 aliphatic carbocycles. The van der Waals surface area contributed by atoms with Crippen LogP contribution < -0.4 is 5.32 Å². The maximum Gasteiger partial charge on any atom is 0.0760 e. The Morgan fingerprint density at radius 1 is 1.05 bits per heavy atom. The molecule has 1 fully saturated rings. The number of nitrogens with one attached hydrogen (secondary N) is 1. The van der Waals surface area contributed by atoms with Gasteiger partial charge in [0.25, 0.3) is 0 Å². The van der Waals surface area contributed by atoms with Crippen LogP contribution in [0, 0.1) is 0 Å². The lowest BCUT2D eigenvalue weighted by Crippen LogP contribution is -2.58.